The third kappa shape index (κ3) is 3.40. The monoisotopic (exact) mass is 324 g/mol. The zero-order valence-electron chi connectivity index (χ0n) is 14.4. The van der Waals surface area contributed by atoms with E-state index in [4.69, 9.17) is 0 Å². The Morgan fingerprint density at radius 3 is 2.79 bits per heavy atom. The van der Waals surface area contributed by atoms with Gasteiger partial charge in [-0.3, -0.25) is 4.79 Å². The SMILES string of the molecule is CCC1CCCCN1c1nccc(C(=O)N(C)c2ccccc2)n1. The molecule has 1 aromatic carbocycles. The van der Waals surface area contributed by atoms with Crippen LogP contribution in [-0.2, 0) is 0 Å². The quantitative estimate of drug-likeness (QED) is 0.863. The van der Waals surface area contributed by atoms with Crippen LogP contribution in [0.1, 0.15) is 43.1 Å². The van der Waals surface area contributed by atoms with E-state index in [2.05, 4.69) is 21.8 Å². The zero-order chi connectivity index (χ0) is 16.9. The summed E-state index contributed by atoms with van der Waals surface area (Å²) in [5.74, 6) is 0.559. The Balaban J connectivity index is 1.83. The molecule has 24 heavy (non-hydrogen) atoms. The first-order valence-electron chi connectivity index (χ1n) is 8.63. The summed E-state index contributed by atoms with van der Waals surface area (Å²) in [7, 11) is 1.77. The summed E-state index contributed by atoms with van der Waals surface area (Å²) in [6, 6.07) is 11.8. The molecule has 0 spiro atoms. The van der Waals surface area contributed by atoms with E-state index >= 15 is 0 Å². The molecule has 1 atom stereocenters. The van der Waals surface area contributed by atoms with Crippen LogP contribution in [0.5, 0.6) is 0 Å². The van der Waals surface area contributed by atoms with Crippen molar-refractivity contribution >= 4 is 17.5 Å². The number of amides is 1. The molecule has 1 saturated heterocycles. The number of para-hydroxylation sites is 1. The van der Waals surface area contributed by atoms with E-state index in [-0.39, 0.29) is 5.91 Å². The van der Waals surface area contributed by atoms with Gasteiger partial charge in [-0.15, -0.1) is 0 Å². The molecule has 2 aromatic rings. The summed E-state index contributed by atoms with van der Waals surface area (Å²) < 4.78 is 0. The maximum atomic E-state index is 12.7. The minimum Gasteiger partial charge on any atom is -0.338 e. The van der Waals surface area contributed by atoms with E-state index in [1.54, 1.807) is 24.2 Å². The Morgan fingerprint density at radius 2 is 2.04 bits per heavy atom. The zero-order valence-corrected chi connectivity index (χ0v) is 14.4. The summed E-state index contributed by atoms with van der Waals surface area (Å²) in [6.45, 7) is 3.16. The van der Waals surface area contributed by atoms with Crippen LogP contribution in [-0.4, -0.2) is 35.5 Å². The third-order valence-electron chi connectivity index (χ3n) is 4.67. The second-order valence-electron chi connectivity index (χ2n) is 6.19. The highest BCUT2D eigenvalue weighted by Crippen LogP contribution is 2.24. The number of benzene rings is 1. The van der Waals surface area contributed by atoms with Gasteiger partial charge in [-0.2, -0.15) is 0 Å². The molecule has 2 heterocycles. The summed E-state index contributed by atoms with van der Waals surface area (Å²) in [5, 5.41) is 0. The predicted molar refractivity (Wildman–Crippen MR) is 96.5 cm³/mol. The first kappa shape index (κ1) is 16.4. The maximum Gasteiger partial charge on any atom is 0.276 e. The lowest BCUT2D eigenvalue weighted by atomic mass is 10.0. The lowest BCUT2D eigenvalue weighted by molar-refractivity contribution is 0.0988. The molecule has 0 bridgehead atoms. The van der Waals surface area contributed by atoms with Crippen molar-refractivity contribution in [2.24, 2.45) is 0 Å². The highest BCUT2D eigenvalue weighted by Gasteiger charge is 2.24. The number of rotatable bonds is 4. The van der Waals surface area contributed by atoms with Gasteiger partial charge in [0.25, 0.3) is 5.91 Å². The lowest BCUT2D eigenvalue weighted by Gasteiger charge is -2.35. The van der Waals surface area contributed by atoms with E-state index < -0.39 is 0 Å². The molecule has 1 aliphatic heterocycles. The largest absolute Gasteiger partial charge is 0.338 e. The van der Waals surface area contributed by atoms with Gasteiger partial charge in [0.05, 0.1) is 0 Å². The normalized spacial score (nSPS) is 17.6. The van der Waals surface area contributed by atoms with Crippen molar-refractivity contribution in [3.05, 3.63) is 48.3 Å². The second kappa shape index (κ2) is 7.43. The topological polar surface area (TPSA) is 49.3 Å². The van der Waals surface area contributed by atoms with Gasteiger partial charge in [-0.25, -0.2) is 9.97 Å². The average Bonchev–Trinajstić information content (AvgIpc) is 2.67. The van der Waals surface area contributed by atoms with Crippen LogP contribution in [0.25, 0.3) is 0 Å². The fourth-order valence-corrected chi connectivity index (χ4v) is 3.23. The Morgan fingerprint density at radius 1 is 1.25 bits per heavy atom. The van der Waals surface area contributed by atoms with Gasteiger partial charge < -0.3 is 9.80 Å². The van der Waals surface area contributed by atoms with Crippen LogP contribution in [0, 0.1) is 0 Å². The van der Waals surface area contributed by atoms with Gasteiger partial charge in [0, 0.05) is 31.5 Å². The van der Waals surface area contributed by atoms with Crippen LogP contribution in [0.2, 0.25) is 0 Å². The van der Waals surface area contributed by atoms with E-state index in [0.29, 0.717) is 17.7 Å². The van der Waals surface area contributed by atoms with Crippen molar-refractivity contribution < 1.29 is 4.79 Å². The molecule has 1 unspecified atom stereocenters. The molecule has 1 aliphatic rings. The molecule has 1 fully saturated rings. The fraction of sp³-hybridized carbons (Fsp3) is 0.421. The molecule has 0 saturated carbocycles. The second-order valence-corrected chi connectivity index (χ2v) is 6.19. The number of anilines is 2. The van der Waals surface area contributed by atoms with Crippen molar-refractivity contribution in [1.82, 2.24) is 9.97 Å². The Bertz CT molecular complexity index is 689. The first-order valence-corrected chi connectivity index (χ1v) is 8.63. The van der Waals surface area contributed by atoms with Crippen molar-refractivity contribution in [2.75, 3.05) is 23.4 Å². The highest BCUT2D eigenvalue weighted by molar-refractivity contribution is 6.04. The summed E-state index contributed by atoms with van der Waals surface area (Å²) in [5.41, 5.74) is 1.29. The Kier molecular flexibility index (Phi) is 5.08. The molecule has 0 radical (unpaired) electrons. The van der Waals surface area contributed by atoms with Crippen molar-refractivity contribution in [3.63, 3.8) is 0 Å². The number of hydrogen-bond donors (Lipinski definition) is 0. The smallest absolute Gasteiger partial charge is 0.276 e. The van der Waals surface area contributed by atoms with Crippen LogP contribution < -0.4 is 9.80 Å². The maximum absolute atomic E-state index is 12.7. The minimum atomic E-state index is -0.116. The highest BCUT2D eigenvalue weighted by atomic mass is 16.2. The number of carbonyl (C=O) groups excluding carboxylic acids is 1. The van der Waals surface area contributed by atoms with Crippen LogP contribution in [0.3, 0.4) is 0 Å². The van der Waals surface area contributed by atoms with Crippen LogP contribution in [0.4, 0.5) is 11.6 Å². The van der Waals surface area contributed by atoms with Gasteiger partial charge in [0.15, 0.2) is 0 Å². The summed E-state index contributed by atoms with van der Waals surface area (Å²) in [4.78, 5) is 25.6. The Labute approximate surface area is 143 Å². The van der Waals surface area contributed by atoms with E-state index in [0.717, 1.165) is 25.1 Å². The average molecular weight is 324 g/mol. The molecular formula is C19H24N4O. The molecule has 126 valence electrons. The van der Waals surface area contributed by atoms with Gasteiger partial charge in [0.1, 0.15) is 5.69 Å². The van der Waals surface area contributed by atoms with E-state index in [1.807, 2.05) is 30.3 Å². The first-order chi connectivity index (χ1) is 11.7. The van der Waals surface area contributed by atoms with Gasteiger partial charge >= 0.3 is 0 Å². The number of aromatic nitrogens is 2. The molecule has 5 heteroatoms. The third-order valence-corrected chi connectivity index (χ3v) is 4.67. The number of piperidine rings is 1. The molecule has 3 rings (SSSR count). The van der Waals surface area contributed by atoms with Crippen LogP contribution >= 0.6 is 0 Å². The Hall–Kier alpha value is -2.43. The van der Waals surface area contributed by atoms with E-state index in [9.17, 15) is 4.79 Å². The fourth-order valence-electron chi connectivity index (χ4n) is 3.23. The van der Waals surface area contributed by atoms with Gasteiger partial charge in [0.2, 0.25) is 5.95 Å². The molecule has 1 aromatic heterocycles. The van der Waals surface area contributed by atoms with Gasteiger partial charge in [-0.1, -0.05) is 25.1 Å². The van der Waals surface area contributed by atoms with Gasteiger partial charge in [-0.05, 0) is 43.9 Å². The summed E-state index contributed by atoms with van der Waals surface area (Å²) >= 11 is 0. The molecular weight excluding hydrogens is 300 g/mol. The number of carbonyl (C=O) groups is 1. The minimum absolute atomic E-state index is 0.116. The van der Waals surface area contributed by atoms with Crippen LogP contribution in [0.15, 0.2) is 42.6 Å². The predicted octanol–water partition coefficient (Wildman–Crippen LogP) is 3.52. The lowest BCUT2D eigenvalue weighted by Crippen LogP contribution is -2.40. The molecule has 0 aliphatic carbocycles. The molecule has 0 N–H and O–H groups in total. The van der Waals surface area contributed by atoms with Crippen molar-refractivity contribution in [2.45, 2.75) is 38.6 Å². The van der Waals surface area contributed by atoms with Crippen molar-refractivity contribution in [1.29, 1.82) is 0 Å². The van der Waals surface area contributed by atoms with E-state index in [1.165, 1.54) is 12.8 Å². The molecule has 1 amide bonds. The standard InChI is InChI=1S/C19H24N4O/c1-3-15-9-7-8-14-23(15)19-20-13-12-17(21-19)18(24)22(2)16-10-5-4-6-11-16/h4-6,10-13,15H,3,7-9,14H2,1-2H3. The summed E-state index contributed by atoms with van der Waals surface area (Å²) in [6.07, 6.45) is 6.34. The molecule has 5 nitrogen and oxygen atoms in total. The number of hydrogen-bond acceptors (Lipinski definition) is 4. The van der Waals surface area contributed by atoms with Crippen molar-refractivity contribution in [3.8, 4) is 0 Å². The number of nitrogens with zero attached hydrogens (tertiary/aromatic N) is 4.